The molecule has 2 N–H and O–H groups in total. The van der Waals surface area contributed by atoms with Gasteiger partial charge < -0.3 is 20.1 Å². The fourth-order valence-electron chi connectivity index (χ4n) is 4.08. The summed E-state index contributed by atoms with van der Waals surface area (Å²) in [5.74, 6) is -1.64. The number of amides is 2. The van der Waals surface area contributed by atoms with Crippen LogP contribution in [0.1, 0.15) is 30.4 Å². The topological polar surface area (TPSA) is 93.7 Å². The Balaban J connectivity index is 1.31. The normalized spacial score (nSPS) is 16.6. The van der Waals surface area contributed by atoms with E-state index in [1.54, 1.807) is 48.5 Å². The number of esters is 1. The average Bonchev–Trinajstić information content (AvgIpc) is 3.26. The van der Waals surface area contributed by atoms with Crippen molar-refractivity contribution in [3.05, 3.63) is 87.7 Å². The van der Waals surface area contributed by atoms with Gasteiger partial charge in [0.1, 0.15) is 17.7 Å². The summed E-state index contributed by atoms with van der Waals surface area (Å²) in [6, 6.07) is 16.5. The van der Waals surface area contributed by atoms with Gasteiger partial charge in [-0.3, -0.25) is 14.4 Å². The molecule has 2 amide bonds. The standard InChI is InChI=1S/C28H25Cl2FN2O5/c1-16(34)32-14-21-12-23(28(36)38-21)19-6-8-22(25(31)10-19)18-4-2-17(3-5-18)13-33-27(35)15-37-26-9-7-20(29)11-24(26)30/h2-11,21,23H,12-15H2,1H3,(H,32,34)(H,33,35). The summed E-state index contributed by atoms with van der Waals surface area (Å²) in [5.41, 5.74) is 2.40. The van der Waals surface area contributed by atoms with Crippen molar-refractivity contribution in [2.75, 3.05) is 13.2 Å². The average molecular weight is 559 g/mol. The minimum Gasteiger partial charge on any atom is -0.482 e. The third-order valence-electron chi connectivity index (χ3n) is 6.05. The molecular formula is C28H25Cl2FN2O5. The van der Waals surface area contributed by atoms with Crippen LogP contribution in [0.5, 0.6) is 5.75 Å². The molecule has 7 nitrogen and oxygen atoms in total. The SMILES string of the molecule is CC(=O)NCC1CC(c2ccc(-c3ccc(CNC(=O)COc4ccc(Cl)cc4Cl)cc3)c(F)c2)C(=O)O1. The van der Waals surface area contributed by atoms with Gasteiger partial charge >= 0.3 is 5.97 Å². The summed E-state index contributed by atoms with van der Waals surface area (Å²) in [4.78, 5) is 35.5. The van der Waals surface area contributed by atoms with Crippen molar-refractivity contribution >= 4 is 41.0 Å². The highest BCUT2D eigenvalue weighted by Crippen LogP contribution is 2.33. The Bertz CT molecular complexity index is 1350. The van der Waals surface area contributed by atoms with Gasteiger partial charge in [-0.05, 0) is 41.0 Å². The number of nitrogens with one attached hydrogen (secondary N) is 2. The van der Waals surface area contributed by atoms with Gasteiger partial charge in [-0.1, -0.05) is 59.6 Å². The molecular weight excluding hydrogens is 534 g/mol. The fourth-order valence-corrected chi connectivity index (χ4v) is 4.54. The third kappa shape index (κ3) is 7.02. The Hall–Kier alpha value is -3.62. The number of hydrogen-bond donors (Lipinski definition) is 2. The van der Waals surface area contributed by atoms with Crippen LogP contribution in [0, 0.1) is 5.82 Å². The number of carbonyl (C=O) groups excluding carboxylic acids is 3. The third-order valence-corrected chi connectivity index (χ3v) is 6.58. The van der Waals surface area contributed by atoms with E-state index in [0.29, 0.717) is 38.9 Å². The van der Waals surface area contributed by atoms with E-state index < -0.39 is 23.8 Å². The van der Waals surface area contributed by atoms with E-state index in [9.17, 15) is 14.4 Å². The molecule has 3 aromatic rings. The lowest BCUT2D eigenvalue weighted by atomic mass is 9.93. The first-order chi connectivity index (χ1) is 18.2. The smallest absolute Gasteiger partial charge is 0.313 e. The molecule has 0 radical (unpaired) electrons. The quantitative estimate of drug-likeness (QED) is 0.359. The largest absolute Gasteiger partial charge is 0.482 e. The summed E-state index contributed by atoms with van der Waals surface area (Å²) in [5, 5.41) is 6.17. The highest BCUT2D eigenvalue weighted by atomic mass is 35.5. The summed E-state index contributed by atoms with van der Waals surface area (Å²) >= 11 is 11.9. The number of cyclic esters (lactones) is 1. The van der Waals surface area contributed by atoms with E-state index in [0.717, 1.165) is 5.56 Å². The van der Waals surface area contributed by atoms with Crippen molar-refractivity contribution in [3.63, 3.8) is 0 Å². The zero-order chi connectivity index (χ0) is 27.2. The maximum absolute atomic E-state index is 15.0. The molecule has 0 spiro atoms. The van der Waals surface area contributed by atoms with Crippen LogP contribution in [-0.2, 0) is 25.7 Å². The van der Waals surface area contributed by atoms with Gasteiger partial charge in [0.25, 0.3) is 5.91 Å². The zero-order valence-corrected chi connectivity index (χ0v) is 21.9. The van der Waals surface area contributed by atoms with E-state index in [4.69, 9.17) is 32.7 Å². The van der Waals surface area contributed by atoms with Crippen LogP contribution in [0.3, 0.4) is 0 Å². The molecule has 3 aromatic carbocycles. The lowest BCUT2D eigenvalue weighted by molar-refractivity contribution is -0.142. The van der Waals surface area contributed by atoms with E-state index in [2.05, 4.69) is 10.6 Å². The molecule has 2 atom stereocenters. The monoisotopic (exact) mass is 558 g/mol. The molecule has 1 fully saturated rings. The predicted molar refractivity (Wildman–Crippen MR) is 142 cm³/mol. The van der Waals surface area contributed by atoms with E-state index in [-0.39, 0.29) is 31.5 Å². The van der Waals surface area contributed by atoms with Crippen LogP contribution >= 0.6 is 23.2 Å². The molecule has 1 heterocycles. The van der Waals surface area contributed by atoms with Crippen molar-refractivity contribution in [2.45, 2.75) is 31.9 Å². The number of carbonyl (C=O) groups is 3. The van der Waals surface area contributed by atoms with Gasteiger partial charge in [0.15, 0.2) is 6.61 Å². The van der Waals surface area contributed by atoms with Crippen molar-refractivity contribution in [3.8, 4) is 16.9 Å². The summed E-state index contributed by atoms with van der Waals surface area (Å²) in [7, 11) is 0. The number of benzene rings is 3. The molecule has 38 heavy (non-hydrogen) atoms. The van der Waals surface area contributed by atoms with Gasteiger partial charge in [0.05, 0.1) is 17.5 Å². The fraction of sp³-hybridized carbons (Fsp3) is 0.250. The Morgan fingerprint density at radius 1 is 1.05 bits per heavy atom. The number of ether oxygens (including phenoxy) is 2. The predicted octanol–water partition coefficient (Wildman–Crippen LogP) is 5.03. The second-order valence-corrected chi connectivity index (χ2v) is 9.70. The Kier molecular flexibility index (Phi) is 8.86. The molecule has 1 aliphatic rings. The van der Waals surface area contributed by atoms with Crippen molar-refractivity contribution in [1.29, 1.82) is 0 Å². The highest BCUT2D eigenvalue weighted by molar-refractivity contribution is 6.35. The highest BCUT2D eigenvalue weighted by Gasteiger charge is 2.35. The Morgan fingerprint density at radius 3 is 2.50 bits per heavy atom. The molecule has 1 saturated heterocycles. The second kappa shape index (κ2) is 12.3. The van der Waals surface area contributed by atoms with Gasteiger partial charge in [-0.15, -0.1) is 0 Å². The zero-order valence-electron chi connectivity index (χ0n) is 20.4. The summed E-state index contributed by atoms with van der Waals surface area (Å²) in [6.45, 7) is 1.68. The van der Waals surface area contributed by atoms with Gasteiger partial charge in [0, 0.05) is 30.5 Å². The molecule has 198 valence electrons. The number of hydrogen-bond acceptors (Lipinski definition) is 5. The second-order valence-electron chi connectivity index (χ2n) is 8.86. The van der Waals surface area contributed by atoms with Crippen LogP contribution in [0.25, 0.3) is 11.1 Å². The van der Waals surface area contributed by atoms with E-state index in [1.807, 2.05) is 0 Å². The minimum atomic E-state index is -0.581. The first-order valence-electron chi connectivity index (χ1n) is 11.9. The molecule has 10 heteroatoms. The van der Waals surface area contributed by atoms with Crippen LogP contribution in [0.4, 0.5) is 4.39 Å². The van der Waals surface area contributed by atoms with Crippen LogP contribution in [0.2, 0.25) is 10.0 Å². The molecule has 1 aliphatic heterocycles. The van der Waals surface area contributed by atoms with Crippen LogP contribution in [0.15, 0.2) is 60.7 Å². The van der Waals surface area contributed by atoms with Crippen molar-refractivity contribution in [1.82, 2.24) is 10.6 Å². The van der Waals surface area contributed by atoms with E-state index in [1.165, 1.54) is 19.1 Å². The molecule has 4 rings (SSSR count). The maximum atomic E-state index is 15.0. The first kappa shape index (κ1) is 27.4. The van der Waals surface area contributed by atoms with Crippen LogP contribution < -0.4 is 15.4 Å². The maximum Gasteiger partial charge on any atom is 0.313 e. The Morgan fingerprint density at radius 2 is 1.82 bits per heavy atom. The van der Waals surface area contributed by atoms with Gasteiger partial charge in [-0.25, -0.2) is 4.39 Å². The van der Waals surface area contributed by atoms with E-state index >= 15 is 4.39 Å². The summed E-state index contributed by atoms with van der Waals surface area (Å²) < 4.78 is 25.7. The molecule has 0 aliphatic carbocycles. The Labute approximate surface area is 229 Å². The summed E-state index contributed by atoms with van der Waals surface area (Å²) in [6.07, 6.45) is -0.0650. The number of rotatable bonds is 9. The molecule has 0 aromatic heterocycles. The van der Waals surface area contributed by atoms with Gasteiger partial charge in [-0.2, -0.15) is 0 Å². The number of halogens is 3. The lowest BCUT2D eigenvalue weighted by Crippen LogP contribution is -2.30. The van der Waals surface area contributed by atoms with Crippen molar-refractivity contribution < 1.29 is 28.2 Å². The minimum absolute atomic E-state index is 0.207. The van der Waals surface area contributed by atoms with Gasteiger partial charge in [0.2, 0.25) is 5.91 Å². The van der Waals surface area contributed by atoms with Crippen molar-refractivity contribution in [2.24, 2.45) is 0 Å². The first-order valence-corrected chi connectivity index (χ1v) is 12.6. The molecule has 2 unspecified atom stereocenters. The van der Waals surface area contributed by atoms with Crippen LogP contribution in [-0.4, -0.2) is 37.0 Å². The molecule has 0 bridgehead atoms. The molecule has 0 saturated carbocycles. The lowest BCUT2D eigenvalue weighted by Gasteiger charge is -2.11.